The zero-order valence-corrected chi connectivity index (χ0v) is 14.5. The summed E-state index contributed by atoms with van der Waals surface area (Å²) >= 11 is 0. The van der Waals surface area contributed by atoms with Gasteiger partial charge in [-0.3, -0.25) is 4.79 Å². The van der Waals surface area contributed by atoms with Gasteiger partial charge in [-0.05, 0) is 38.0 Å². The topological polar surface area (TPSA) is 46.3 Å². The quantitative estimate of drug-likeness (QED) is 0.675. The average Bonchev–Trinajstić information content (AvgIpc) is 2.87. The van der Waals surface area contributed by atoms with Crippen molar-refractivity contribution >= 4 is 16.8 Å². The molecule has 1 aromatic heterocycles. The lowest BCUT2D eigenvalue weighted by Crippen LogP contribution is -2.31. The Bertz CT molecular complexity index is 888. The molecule has 3 aromatic rings. The number of likely N-dealkylation sites (tertiary alicyclic amines) is 1. The number of fused-ring (bicyclic) bond motifs is 1. The molecule has 2 heterocycles. The van der Waals surface area contributed by atoms with Gasteiger partial charge in [0.25, 0.3) is 5.91 Å². The second-order valence-electron chi connectivity index (χ2n) is 6.82. The second kappa shape index (κ2) is 6.71. The Morgan fingerprint density at radius 2 is 1.72 bits per heavy atom. The van der Waals surface area contributed by atoms with Gasteiger partial charge in [-0.2, -0.15) is 0 Å². The van der Waals surface area contributed by atoms with Gasteiger partial charge in [0.05, 0.1) is 5.39 Å². The number of carbonyl (C=O) groups excluding carboxylic acids is 1. The molecule has 0 N–H and O–H groups in total. The van der Waals surface area contributed by atoms with Crippen LogP contribution in [-0.2, 0) is 0 Å². The molecule has 1 saturated heterocycles. The lowest BCUT2D eigenvalue weighted by Gasteiger charge is -2.20. The number of amides is 1. The lowest BCUT2D eigenvalue weighted by atomic mass is 10.0. The van der Waals surface area contributed by atoms with E-state index in [-0.39, 0.29) is 5.91 Å². The molecule has 0 spiro atoms. The van der Waals surface area contributed by atoms with Crippen LogP contribution in [0.25, 0.3) is 22.2 Å². The summed E-state index contributed by atoms with van der Waals surface area (Å²) in [5.41, 5.74) is 3.67. The smallest absolute Gasteiger partial charge is 0.253 e. The predicted molar refractivity (Wildman–Crippen MR) is 98.6 cm³/mol. The van der Waals surface area contributed by atoms with Crippen molar-refractivity contribution in [1.82, 2.24) is 10.1 Å². The molecular weight excluding hydrogens is 312 g/mol. The Kier molecular flexibility index (Phi) is 4.26. The molecule has 128 valence electrons. The van der Waals surface area contributed by atoms with Crippen molar-refractivity contribution in [3.05, 3.63) is 53.6 Å². The maximum atomic E-state index is 12.9. The van der Waals surface area contributed by atoms with Gasteiger partial charge in [0.1, 0.15) is 5.52 Å². The minimum atomic E-state index is 0.111. The molecule has 25 heavy (non-hydrogen) atoms. The van der Waals surface area contributed by atoms with Gasteiger partial charge >= 0.3 is 0 Å². The van der Waals surface area contributed by atoms with Crippen LogP contribution in [0.5, 0.6) is 0 Å². The molecule has 1 aliphatic rings. The van der Waals surface area contributed by atoms with Crippen molar-refractivity contribution in [2.75, 3.05) is 13.1 Å². The molecule has 0 radical (unpaired) electrons. The average molecular weight is 334 g/mol. The molecule has 1 fully saturated rings. The third kappa shape index (κ3) is 3.16. The summed E-state index contributed by atoms with van der Waals surface area (Å²) in [5, 5.41) is 5.04. The highest BCUT2D eigenvalue weighted by molar-refractivity contribution is 6.01. The minimum absolute atomic E-state index is 0.111. The standard InChI is InChI=1S/C21H22N2O2/c1-15-6-8-16(9-7-15)20-18-14-17(10-11-19(18)22-25-20)21(24)23-12-4-2-3-5-13-23/h6-11,14H,2-5,12-13H2,1H3. The first-order chi connectivity index (χ1) is 12.2. The van der Waals surface area contributed by atoms with E-state index in [9.17, 15) is 4.79 Å². The highest BCUT2D eigenvalue weighted by Crippen LogP contribution is 2.30. The van der Waals surface area contributed by atoms with Crippen molar-refractivity contribution in [2.45, 2.75) is 32.6 Å². The van der Waals surface area contributed by atoms with Gasteiger partial charge in [-0.1, -0.05) is 47.8 Å². The van der Waals surface area contributed by atoms with Crippen molar-refractivity contribution in [3.63, 3.8) is 0 Å². The van der Waals surface area contributed by atoms with Gasteiger partial charge < -0.3 is 9.42 Å². The molecule has 0 bridgehead atoms. The van der Waals surface area contributed by atoms with Crippen LogP contribution < -0.4 is 0 Å². The Morgan fingerprint density at radius 1 is 1.00 bits per heavy atom. The predicted octanol–water partition coefficient (Wildman–Crippen LogP) is 4.82. The first kappa shape index (κ1) is 15.9. The van der Waals surface area contributed by atoms with Crippen LogP contribution in [0.1, 0.15) is 41.6 Å². The number of nitrogens with zero attached hydrogens (tertiary/aromatic N) is 2. The highest BCUT2D eigenvalue weighted by atomic mass is 16.5. The lowest BCUT2D eigenvalue weighted by molar-refractivity contribution is 0.0762. The minimum Gasteiger partial charge on any atom is -0.355 e. The molecular formula is C21H22N2O2. The fourth-order valence-electron chi connectivity index (χ4n) is 3.44. The molecule has 2 aromatic carbocycles. The normalized spacial score (nSPS) is 15.3. The third-order valence-corrected chi connectivity index (χ3v) is 4.93. The highest BCUT2D eigenvalue weighted by Gasteiger charge is 2.19. The summed E-state index contributed by atoms with van der Waals surface area (Å²) in [6.07, 6.45) is 4.61. The number of aryl methyl sites for hydroxylation is 1. The zero-order valence-electron chi connectivity index (χ0n) is 14.5. The van der Waals surface area contributed by atoms with Crippen molar-refractivity contribution in [3.8, 4) is 11.3 Å². The SMILES string of the molecule is Cc1ccc(-c2onc3ccc(C(=O)N4CCCCCC4)cc23)cc1. The van der Waals surface area contributed by atoms with Crippen LogP contribution >= 0.6 is 0 Å². The monoisotopic (exact) mass is 334 g/mol. The van der Waals surface area contributed by atoms with Crippen LogP contribution in [0.15, 0.2) is 47.0 Å². The molecule has 1 aliphatic heterocycles. The molecule has 0 unspecified atom stereocenters. The van der Waals surface area contributed by atoms with E-state index in [0.717, 1.165) is 48.2 Å². The third-order valence-electron chi connectivity index (χ3n) is 4.93. The first-order valence-electron chi connectivity index (χ1n) is 8.98. The molecule has 0 atom stereocenters. The van der Waals surface area contributed by atoms with E-state index in [1.807, 2.05) is 35.2 Å². The van der Waals surface area contributed by atoms with Gasteiger partial charge in [-0.15, -0.1) is 0 Å². The summed E-state index contributed by atoms with van der Waals surface area (Å²) in [7, 11) is 0. The Balaban J connectivity index is 1.70. The molecule has 1 amide bonds. The maximum Gasteiger partial charge on any atom is 0.253 e. The van der Waals surface area contributed by atoms with E-state index in [4.69, 9.17) is 4.52 Å². The van der Waals surface area contributed by atoms with Crippen LogP contribution in [-0.4, -0.2) is 29.1 Å². The summed E-state index contributed by atoms with van der Waals surface area (Å²) < 4.78 is 5.57. The van der Waals surface area contributed by atoms with E-state index in [0.29, 0.717) is 5.56 Å². The number of aromatic nitrogens is 1. The number of carbonyl (C=O) groups is 1. The van der Waals surface area contributed by atoms with Gasteiger partial charge in [0.15, 0.2) is 5.76 Å². The summed E-state index contributed by atoms with van der Waals surface area (Å²) in [4.78, 5) is 14.9. The van der Waals surface area contributed by atoms with E-state index in [1.54, 1.807) is 0 Å². The summed E-state index contributed by atoms with van der Waals surface area (Å²) in [5.74, 6) is 0.834. The van der Waals surface area contributed by atoms with Crippen LogP contribution in [0, 0.1) is 6.92 Å². The van der Waals surface area contributed by atoms with Crippen molar-refractivity contribution in [2.24, 2.45) is 0 Å². The molecule has 0 saturated carbocycles. The number of hydrogen-bond acceptors (Lipinski definition) is 3. The molecule has 4 nitrogen and oxygen atoms in total. The van der Waals surface area contributed by atoms with Gasteiger partial charge in [0.2, 0.25) is 0 Å². The molecule has 0 aliphatic carbocycles. The fourth-order valence-corrected chi connectivity index (χ4v) is 3.44. The van der Waals surface area contributed by atoms with Gasteiger partial charge in [0, 0.05) is 24.2 Å². The van der Waals surface area contributed by atoms with Crippen LogP contribution in [0.4, 0.5) is 0 Å². The number of hydrogen-bond donors (Lipinski definition) is 0. The van der Waals surface area contributed by atoms with E-state index in [2.05, 4.69) is 24.2 Å². The Hall–Kier alpha value is -2.62. The Morgan fingerprint density at radius 3 is 2.44 bits per heavy atom. The first-order valence-corrected chi connectivity index (χ1v) is 8.98. The number of benzene rings is 2. The Labute approximate surface area is 147 Å². The summed E-state index contributed by atoms with van der Waals surface area (Å²) in [6.45, 7) is 3.76. The van der Waals surface area contributed by atoms with E-state index < -0.39 is 0 Å². The van der Waals surface area contributed by atoms with E-state index >= 15 is 0 Å². The van der Waals surface area contributed by atoms with E-state index in [1.165, 1.54) is 18.4 Å². The number of rotatable bonds is 2. The molecule has 4 rings (SSSR count). The van der Waals surface area contributed by atoms with Crippen LogP contribution in [0.2, 0.25) is 0 Å². The second-order valence-corrected chi connectivity index (χ2v) is 6.82. The van der Waals surface area contributed by atoms with Crippen LogP contribution in [0.3, 0.4) is 0 Å². The zero-order chi connectivity index (χ0) is 17.2. The van der Waals surface area contributed by atoms with Crippen molar-refractivity contribution in [1.29, 1.82) is 0 Å². The largest absolute Gasteiger partial charge is 0.355 e. The maximum absolute atomic E-state index is 12.9. The molecule has 4 heteroatoms. The fraction of sp³-hybridized carbons (Fsp3) is 0.333. The van der Waals surface area contributed by atoms with Gasteiger partial charge in [-0.25, -0.2) is 0 Å². The van der Waals surface area contributed by atoms with Crippen molar-refractivity contribution < 1.29 is 9.32 Å². The summed E-state index contributed by atoms with van der Waals surface area (Å²) in [6, 6.07) is 13.8.